The van der Waals surface area contributed by atoms with E-state index in [-0.39, 0.29) is 12.4 Å². The van der Waals surface area contributed by atoms with Gasteiger partial charge in [-0.25, -0.2) is 4.39 Å². The first-order valence-corrected chi connectivity index (χ1v) is 9.51. The molecule has 3 aromatic rings. The maximum atomic E-state index is 13.8. The Bertz CT molecular complexity index is 868. The van der Waals surface area contributed by atoms with E-state index in [9.17, 15) is 4.39 Å². The summed E-state index contributed by atoms with van der Waals surface area (Å²) in [6, 6.07) is 14.1. The lowest BCUT2D eigenvalue weighted by Gasteiger charge is -2.15. The topological polar surface area (TPSA) is 43.6 Å². The molecule has 4 nitrogen and oxygen atoms in total. The van der Waals surface area contributed by atoms with Gasteiger partial charge in [0.1, 0.15) is 18.2 Å². The molecule has 0 aliphatic rings. The average Bonchev–Trinajstić information content (AvgIpc) is 3.17. The molecule has 0 aliphatic carbocycles. The van der Waals surface area contributed by atoms with Crippen molar-refractivity contribution in [2.75, 3.05) is 6.61 Å². The Labute approximate surface area is 166 Å². The first-order chi connectivity index (χ1) is 13.2. The van der Waals surface area contributed by atoms with Crippen LogP contribution in [0.4, 0.5) is 4.39 Å². The summed E-state index contributed by atoms with van der Waals surface area (Å²) in [4.78, 5) is 0. The molecule has 3 rings (SSSR count). The minimum atomic E-state index is -0.284. The van der Waals surface area contributed by atoms with Crippen molar-refractivity contribution < 1.29 is 18.3 Å². The standard InChI is InChI=1S/C21H21BrFNO3/c1-2-25-20-10-16(12-24-13-17-7-5-9-26-17)18(22)11-21(20)27-14-15-6-3-4-8-19(15)23/h3-11,24H,2,12-14H2,1H3. The van der Waals surface area contributed by atoms with E-state index in [1.807, 2.05) is 31.2 Å². The highest BCUT2D eigenvalue weighted by molar-refractivity contribution is 9.10. The van der Waals surface area contributed by atoms with Crippen LogP contribution in [0.15, 0.2) is 63.7 Å². The zero-order valence-corrected chi connectivity index (χ0v) is 16.6. The second kappa shape index (κ2) is 9.58. The van der Waals surface area contributed by atoms with E-state index in [0.29, 0.717) is 36.8 Å². The Balaban J connectivity index is 1.70. The van der Waals surface area contributed by atoms with Crippen molar-refractivity contribution in [3.8, 4) is 11.5 Å². The molecule has 0 bridgehead atoms. The number of nitrogens with one attached hydrogen (secondary N) is 1. The van der Waals surface area contributed by atoms with Gasteiger partial charge in [0.25, 0.3) is 0 Å². The summed E-state index contributed by atoms with van der Waals surface area (Å²) in [5, 5.41) is 3.33. The largest absolute Gasteiger partial charge is 0.490 e. The van der Waals surface area contributed by atoms with Gasteiger partial charge in [-0.15, -0.1) is 0 Å². The van der Waals surface area contributed by atoms with Crippen LogP contribution in [-0.4, -0.2) is 6.61 Å². The van der Waals surface area contributed by atoms with Crippen molar-refractivity contribution >= 4 is 15.9 Å². The van der Waals surface area contributed by atoms with Gasteiger partial charge >= 0.3 is 0 Å². The molecule has 0 spiro atoms. The smallest absolute Gasteiger partial charge is 0.162 e. The highest BCUT2D eigenvalue weighted by Crippen LogP contribution is 2.34. The molecule has 0 radical (unpaired) electrons. The predicted octanol–water partition coefficient (Wildman–Crippen LogP) is 5.45. The molecule has 6 heteroatoms. The Morgan fingerprint density at radius 2 is 1.81 bits per heavy atom. The number of halogens is 2. The normalized spacial score (nSPS) is 10.8. The van der Waals surface area contributed by atoms with Gasteiger partial charge in [-0.1, -0.05) is 34.1 Å². The molecule has 142 valence electrons. The summed E-state index contributed by atoms with van der Waals surface area (Å²) < 4.78 is 31.6. The number of hydrogen-bond donors (Lipinski definition) is 1. The van der Waals surface area contributed by atoms with E-state index >= 15 is 0 Å². The summed E-state index contributed by atoms with van der Waals surface area (Å²) in [6.45, 7) is 3.83. The number of ether oxygens (including phenoxy) is 2. The van der Waals surface area contributed by atoms with Crippen LogP contribution < -0.4 is 14.8 Å². The van der Waals surface area contributed by atoms with Gasteiger partial charge in [-0.3, -0.25) is 0 Å². The predicted molar refractivity (Wildman–Crippen MR) is 105 cm³/mol. The lowest BCUT2D eigenvalue weighted by atomic mass is 10.2. The minimum absolute atomic E-state index is 0.134. The van der Waals surface area contributed by atoms with E-state index < -0.39 is 0 Å². The van der Waals surface area contributed by atoms with Gasteiger partial charge in [0.2, 0.25) is 0 Å². The van der Waals surface area contributed by atoms with Crippen LogP contribution in [0.25, 0.3) is 0 Å². The third kappa shape index (κ3) is 5.34. The zero-order chi connectivity index (χ0) is 19.1. The van der Waals surface area contributed by atoms with Gasteiger partial charge in [0.15, 0.2) is 11.5 Å². The van der Waals surface area contributed by atoms with Crippen molar-refractivity contribution in [2.45, 2.75) is 26.6 Å². The fourth-order valence-corrected chi connectivity index (χ4v) is 3.06. The first kappa shape index (κ1) is 19.5. The second-order valence-corrected chi connectivity index (χ2v) is 6.74. The van der Waals surface area contributed by atoms with E-state index in [1.165, 1.54) is 6.07 Å². The maximum absolute atomic E-state index is 13.8. The van der Waals surface area contributed by atoms with Crippen LogP contribution >= 0.6 is 15.9 Å². The van der Waals surface area contributed by atoms with Crippen molar-refractivity contribution in [3.63, 3.8) is 0 Å². The minimum Gasteiger partial charge on any atom is -0.490 e. The van der Waals surface area contributed by atoms with E-state index in [2.05, 4.69) is 21.2 Å². The number of rotatable bonds is 9. The average molecular weight is 434 g/mol. The highest BCUT2D eigenvalue weighted by atomic mass is 79.9. The summed E-state index contributed by atoms with van der Waals surface area (Å²) in [5.74, 6) is 1.79. The van der Waals surface area contributed by atoms with Crippen molar-refractivity contribution in [1.29, 1.82) is 0 Å². The molecule has 0 saturated carbocycles. The molecule has 0 unspecified atom stereocenters. The van der Waals surface area contributed by atoms with E-state index in [0.717, 1.165) is 15.8 Å². The van der Waals surface area contributed by atoms with Crippen LogP contribution in [0.2, 0.25) is 0 Å². The van der Waals surface area contributed by atoms with Crippen LogP contribution in [-0.2, 0) is 19.7 Å². The summed E-state index contributed by atoms with van der Waals surface area (Å²) in [7, 11) is 0. The second-order valence-electron chi connectivity index (χ2n) is 5.89. The van der Waals surface area contributed by atoms with Crippen LogP contribution in [0.1, 0.15) is 23.8 Å². The molecule has 2 aromatic carbocycles. The Morgan fingerprint density at radius 3 is 2.56 bits per heavy atom. The molecule has 0 aliphatic heterocycles. The Morgan fingerprint density at radius 1 is 1.00 bits per heavy atom. The van der Waals surface area contributed by atoms with Crippen LogP contribution in [0.5, 0.6) is 11.5 Å². The van der Waals surface area contributed by atoms with Gasteiger partial charge in [0, 0.05) is 16.6 Å². The zero-order valence-electron chi connectivity index (χ0n) is 15.0. The van der Waals surface area contributed by atoms with Crippen molar-refractivity contribution in [3.05, 3.63) is 82.0 Å². The molecular formula is C21H21BrFNO3. The molecule has 0 saturated heterocycles. The lowest BCUT2D eigenvalue weighted by Crippen LogP contribution is -2.13. The van der Waals surface area contributed by atoms with Gasteiger partial charge in [-0.2, -0.15) is 0 Å². The summed E-state index contributed by atoms with van der Waals surface area (Å²) in [6.07, 6.45) is 1.65. The molecule has 0 amide bonds. The third-order valence-corrected chi connectivity index (χ3v) is 4.69. The van der Waals surface area contributed by atoms with Crippen LogP contribution in [0.3, 0.4) is 0 Å². The first-order valence-electron chi connectivity index (χ1n) is 8.72. The molecule has 1 heterocycles. The molecular weight excluding hydrogens is 413 g/mol. The number of benzene rings is 2. The molecule has 1 aromatic heterocycles. The molecule has 0 fully saturated rings. The maximum Gasteiger partial charge on any atom is 0.162 e. The number of furan rings is 1. The van der Waals surface area contributed by atoms with E-state index in [1.54, 1.807) is 24.5 Å². The monoisotopic (exact) mass is 433 g/mol. The highest BCUT2D eigenvalue weighted by Gasteiger charge is 2.12. The van der Waals surface area contributed by atoms with Crippen molar-refractivity contribution in [2.24, 2.45) is 0 Å². The summed E-state index contributed by atoms with van der Waals surface area (Å²) in [5.41, 5.74) is 1.53. The number of hydrogen-bond acceptors (Lipinski definition) is 4. The Hall–Kier alpha value is -2.31. The van der Waals surface area contributed by atoms with Gasteiger partial charge in [0.05, 0.1) is 19.4 Å². The third-order valence-electron chi connectivity index (χ3n) is 3.95. The summed E-state index contributed by atoms with van der Waals surface area (Å²) >= 11 is 3.58. The fourth-order valence-electron chi connectivity index (χ4n) is 2.60. The van der Waals surface area contributed by atoms with E-state index in [4.69, 9.17) is 13.9 Å². The van der Waals surface area contributed by atoms with Gasteiger partial charge in [-0.05, 0) is 42.8 Å². The molecule has 1 N–H and O–H groups in total. The van der Waals surface area contributed by atoms with Crippen molar-refractivity contribution in [1.82, 2.24) is 5.32 Å². The SMILES string of the molecule is CCOc1cc(CNCc2ccco2)c(Br)cc1OCc1ccccc1F. The molecule has 27 heavy (non-hydrogen) atoms. The molecule has 0 atom stereocenters. The quantitative estimate of drug-likeness (QED) is 0.487. The Kier molecular flexibility index (Phi) is 6.90. The van der Waals surface area contributed by atoms with Crippen LogP contribution in [0, 0.1) is 5.82 Å². The fraction of sp³-hybridized carbons (Fsp3) is 0.238. The van der Waals surface area contributed by atoms with Gasteiger partial charge < -0.3 is 19.2 Å². The lowest BCUT2D eigenvalue weighted by molar-refractivity contribution is 0.265.